The Kier molecular flexibility index (Phi) is 2.47. The van der Waals surface area contributed by atoms with E-state index in [2.05, 4.69) is 12.6 Å². The van der Waals surface area contributed by atoms with Crippen molar-refractivity contribution in [2.45, 2.75) is 31.4 Å². The molecule has 0 aliphatic carbocycles. The highest BCUT2D eigenvalue weighted by molar-refractivity contribution is 7.81. The first-order valence-electron chi connectivity index (χ1n) is 3.99. The molecule has 1 fully saturated rings. The zero-order chi connectivity index (χ0) is 8.48. The fourth-order valence-electron chi connectivity index (χ4n) is 1.05. The van der Waals surface area contributed by atoms with Crippen LogP contribution in [0.5, 0.6) is 0 Å². The van der Waals surface area contributed by atoms with Crippen LogP contribution in [-0.2, 0) is 4.79 Å². The molecular weight excluding hydrogens is 158 g/mol. The average molecular weight is 173 g/mol. The Morgan fingerprint density at radius 3 is 2.36 bits per heavy atom. The number of nitrogens with zero attached hydrogens (tertiary/aromatic N) is 1. The Balaban J connectivity index is 2.31. The molecule has 0 bridgehead atoms. The molecule has 1 aliphatic heterocycles. The lowest BCUT2D eigenvalue weighted by molar-refractivity contribution is -0.135. The molecule has 1 amide bonds. The van der Waals surface area contributed by atoms with Gasteiger partial charge in [-0.05, 0) is 6.42 Å². The maximum atomic E-state index is 11.3. The Morgan fingerprint density at radius 2 is 2.09 bits per heavy atom. The minimum absolute atomic E-state index is 0.160. The molecule has 11 heavy (non-hydrogen) atoms. The summed E-state index contributed by atoms with van der Waals surface area (Å²) < 4.78 is -0.160. The van der Waals surface area contributed by atoms with Gasteiger partial charge in [-0.3, -0.25) is 4.79 Å². The largest absolute Gasteiger partial charge is 0.343 e. The van der Waals surface area contributed by atoms with Crippen LogP contribution in [0.1, 0.15) is 26.7 Å². The summed E-state index contributed by atoms with van der Waals surface area (Å²) in [6.07, 6.45) is 1.72. The van der Waals surface area contributed by atoms with Crippen LogP contribution in [0.4, 0.5) is 0 Å². The molecule has 64 valence electrons. The van der Waals surface area contributed by atoms with Crippen molar-refractivity contribution < 1.29 is 4.79 Å². The Morgan fingerprint density at radius 1 is 1.55 bits per heavy atom. The zero-order valence-corrected chi connectivity index (χ0v) is 8.03. The summed E-state index contributed by atoms with van der Waals surface area (Å²) >= 11 is 4.30. The SMILES string of the molecule is CC(C)(S)CC(=O)N1CCC1. The summed E-state index contributed by atoms with van der Waals surface area (Å²) in [5.74, 6) is 0.247. The first kappa shape index (κ1) is 8.91. The molecule has 0 aromatic rings. The van der Waals surface area contributed by atoms with Crippen molar-refractivity contribution in [2.75, 3.05) is 13.1 Å². The molecule has 2 nitrogen and oxygen atoms in total. The summed E-state index contributed by atoms with van der Waals surface area (Å²) in [7, 11) is 0. The number of likely N-dealkylation sites (tertiary alicyclic amines) is 1. The molecule has 1 heterocycles. The number of hydrogen-bond donors (Lipinski definition) is 1. The van der Waals surface area contributed by atoms with E-state index in [4.69, 9.17) is 0 Å². The number of amides is 1. The second kappa shape index (κ2) is 3.05. The lowest BCUT2D eigenvalue weighted by Gasteiger charge is -2.33. The highest BCUT2D eigenvalue weighted by Gasteiger charge is 2.24. The van der Waals surface area contributed by atoms with Gasteiger partial charge in [0.05, 0.1) is 0 Å². The number of hydrogen-bond acceptors (Lipinski definition) is 2. The van der Waals surface area contributed by atoms with Gasteiger partial charge in [0.2, 0.25) is 5.91 Å². The minimum atomic E-state index is -0.160. The van der Waals surface area contributed by atoms with Gasteiger partial charge in [-0.25, -0.2) is 0 Å². The molecular formula is C8H15NOS. The van der Waals surface area contributed by atoms with E-state index in [1.54, 1.807) is 0 Å². The van der Waals surface area contributed by atoms with Gasteiger partial charge in [-0.1, -0.05) is 13.8 Å². The van der Waals surface area contributed by atoms with Gasteiger partial charge in [0.1, 0.15) is 0 Å². The topological polar surface area (TPSA) is 20.3 Å². The molecule has 0 N–H and O–H groups in total. The predicted molar refractivity (Wildman–Crippen MR) is 48.9 cm³/mol. The summed E-state index contributed by atoms with van der Waals surface area (Å²) in [6, 6.07) is 0. The van der Waals surface area contributed by atoms with Crippen molar-refractivity contribution in [3.8, 4) is 0 Å². The fourth-order valence-corrected chi connectivity index (χ4v) is 1.18. The quantitative estimate of drug-likeness (QED) is 0.624. The Bertz CT molecular complexity index is 158. The van der Waals surface area contributed by atoms with E-state index in [1.807, 2.05) is 18.7 Å². The maximum Gasteiger partial charge on any atom is 0.223 e. The Hall–Kier alpha value is -0.180. The van der Waals surface area contributed by atoms with Crippen LogP contribution in [-0.4, -0.2) is 28.6 Å². The average Bonchev–Trinajstić information content (AvgIpc) is 1.50. The molecule has 0 radical (unpaired) electrons. The summed E-state index contributed by atoms with van der Waals surface area (Å²) in [4.78, 5) is 13.2. The van der Waals surface area contributed by atoms with Gasteiger partial charge in [0, 0.05) is 24.3 Å². The van der Waals surface area contributed by atoms with Crippen LogP contribution in [0, 0.1) is 0 Å². The van der Waals surface area contributed by atoms with Gasteiger partial charge in [-0.15, -0.1) is 0 Å². The molecule has 0 spiro atoms. The van der Waals surface area contributed by atoms with Crippen molar-refractivity contribution >= 4 is 18.5 Å². The highest BCUT2D eigenvalue weighted by atomic mass is 32.1. The van der Waals surface area contributed by atoms with Crippen molar-refractivity contribution in [3.63, 3.8) is 0 Å². The maximum absolute atomic E-state index is 11.3. The van der Waals surface area contributed by atoms with Gasteiger partial charge in [0.25, 0.3) is 0 Å². The third-order valence-corrected chi connectivity index (χ3v) is 1.95. The van der Waals surface area contributed by atoms with Crippen LogP contribution < -0.4 is 0 Å². The van der Waals surface area contributed by atoms with Crippen LogP contribution in [0.25, 0.3) is 0 Å². The van der Waals surface area contributed by atoms with Crippen LogP contribution in [0.15, 0.2) is 0 Å². The van der Waals surface area contributed by atoms with E-state index in [1.165, 1.54) is 6.42 Å². The smallest absolute Gasteiger partial charge is 0.223 e. The number of thiol groups is 1. The number of rotatable bonds is 2. The molecule has 0 saturated carbocycles. The second-order valence-electron chi connectivity index (χ2n) is 3.72. The standard InChI is InChI=1S/C8H15NOS/c1-8(2,11)6-7(10)9-4-3-5-9/h11H,3-6H2,1-2H3. The van der Waals surface area contributed by atoms with Gasteiger partial charge >= 0.3 is 0 Å². The third-order valence-electron chi connectivity index (χ3n) is 1.79. The van der Waals surface area contributed by atoms with Crippen LogP contribution in [0.2, 0.25) is 0 Å². The normalized spacial score (nSPS) is 17.9. The molecule has 0 aromatic carbocycles. The van der Waals surface area contributed by atoms with Crippen LogP contribution in [0.3, 0.4) is 0 Å². The molecule has 1 saturated heterocycles. The molecule has 0 aromatic heterocycles. The lowest BCUT2D eigenvalue weighted by Crippen LogP contribution is -2.43. The predicted octanol–water partition coefficient (Wildman–Crippen LogP) is 1.32. The number of carbonyl (C=O) groups excluding carboxylic acids is 1. The number of carbonyl (C=O) groups is 1. The molecule has 0 atom stereocenters. The second-order valence-corrected chi connectivity index (χ2v) is 4.93. The third kappa shape index (κ3) is 2.73. The van der Waals surface area contributed by atoms with E-state index in [-0.39, 0.29) is 10.7 Å². The summed E-state index contributed by atoms with van der Waals surface area (Å²) in [6.45, 7) is 5.83. The van der Waals surface area contributed by atoms with E-state index < -0.39 is 0 Å². The Labute approximate surface area is 73.4 Å². The molecule has 0 unspecified atom stereocenters. The summed E-state index contributed by atoms with van der Waals surface area (Å²) in [5.41, 5.74) is 0. The van der Waals surface area contributed by atoms with E-state index in [0.29, 0.717) is 6.42 Å². The van der Waals surface area contributed by atoms with Gasteiger partial charge in [-0.2, -0.15) is 12.6 Å². The summed E-state index contributed by atoms with van der Waals surface area (Å²) in [5, 5.41) is 0. The van der Waals surface area contributed by atoms with Gasteiger partial charge < -0.3 is 4.90 Å². The van der Waals surface area contributed by atoms with E-state index in [9.17, 15) is 4.79 Å². The van der Waals surface area contributed by atoms with Crippen molar-refractivity contribution in [3.05, 3.63) is 0 Å². The highest BCUT2D eigenvalue weighted by Crippen LogP contribution is 2.20. The molecule has 1 rings (SSSR count). The molecule has 1 aliphatic rings. The lowest BCUT2D eigenvalue weighted by atomic mass is 10.1. The fraction of sp³-hybridized carbons (Fsp3) is 0.875. The van der Waals surface area contributed by atoms with E-state index in [0.717, 1.165) is 13.1 Å². The van der Waals surface area contributed by atoms with E-state index >= 15 is 0 Å². The van der Waals surface area contributed by atoms with Crippen molar-refractivity contribution in [2.24, 2.45) is 0 Å². The first-order chi connectivity index (χ1) is 4.99. The first-order valence-corrected chi connectivity index (χ1v) is 4.44. The van der Waals surface area contributed by atoms with Crippen LogP contribution >= 0.6 is 12.6 Å². The minimum Gasteiger partial charge on any atom is -0.343 e. The van der Waals surface area contributed by atoms with Gasteiger partial charge in [0.15, 0.2) is 0 Å². The molecule has 3 heteroatoms. The van der Waals surface area contributed by atoms with Crippen molar-refractivity contribution in [1.29, 1.82) is 0 Å². The monoisotopic (exact) mass is 173 g/mol. The van der Waals surface area contributed by atoms with Crippen molar-refractivity contribution in [1.82, 2.24) is 4.90 Å². The zero-order valence-electron chi connectivity index (χ0n) is 7.13.